The number of aryl methyl sites for hydroxylation is 2. The SMILES string of the molecule is CCOC(=O)c1c(NC(=O)c2ccc(O[C@@H](C)C(=O)Nc3c(CC)cccc3CC)cc2)sc2c1CC[C@@H](C)C2. The smallest absolute Gasteiger partial charge is 0.341 e. The number of hydrogen-bond acceptors (Lipinski definition) is 6. The lowest BCUT2D eigenvalue weighted by atomic mass is 9.88. The molecule has 2 N–H and O–H groups in total. The largest absolute Gasteiger partial charge is 0.481 e. The number of rotatable bonds is 10. The van der Waals surface area contributed by atoms with Crippen LogP contribution in [0.25, 0.3) is 0 Å². The molecule has 0 saturated heterocycles. The third-order valence-corrected chi connectivity index (χ3v) is 8.43. The van der Waals surface area contributed by atoms with Gasteiger partial charge in [0, 0.05) is 16.1 Å². The molecule has 0 bridgehead atoms. The summed E-state index contributed by atoms with van der Waals surface area (Å²) in [6.45, 7) is 10.1. The average Bonchev–Trinajstić information content (AvgIpc) is 3.30. The Kier molecular flexibility index (Phi) is 9.63. The molecule has 7 nitrogen and oxygen atoms in total. The molecule has 0 unspecified atom stereocenters. The summed E-state index contributed by atoms with van der Waals surface area (Å²) < 4.78 is 11.2. The van der Waals surface area contributed by atoms with Gasteiger partial charge in [-0.05, 0) is 92.8 Å². The van der Waals surface area contributed by atoms with E-state index in [0.717, 1.165) is 59.4 Å². The summed E-state index contributed by atoms with van der Waals surface area (Å²) in [7, 11) is 0. The lowest BCUT2D eigenvalue weighted by Crippen LogP contribution is -2.31. The van der Waals surface area contributed by atoms with Crippen molar-refractivity contribution in [1.82, 2.24) is 0 Å². The van der Waals surface area contributed by atoms with Crippen LogP contribution in [0.3, 0.4) is 0 Å². The second-order valence-corrected chi connectivity index (χ2v) is 11.3. The molecule has 1 aliphatic carbocycles. The minimum absolute atomic E-state index is 0.236. The third kappa shape index (κ3) is 6.55. The fourth-order valence-electron chi connectivity index (χ4n) is 5.00. The number of ether oxygens (including phenoxy) is 2. The number of amides is 2. The summed E-state index contributed by atoms with van der Waals surface area (Å²) in [5, 5.41) is 6.51. The van der Waals surface area contributed by atoms with Gasteiger partial charge in [-0.2, -0.15) is 0 Å². The molecule has 0 aliphatic heterocycles. The van der Waals surface area contributed by atoms with E-state index in [-0.39, 0.29) is 18.4 Å². The van der Waals surface area contributed by atoms with Crippen LogP contribution in [0.4, 0.5) is 10.7 Å². The zero-order valence-corrected chi connectivity index (χ0v) is 24.7. The Morgan fingerprint density at radius 2 is 1.68 bits per heavy atom. The zero-order chi connectivity index (χ0) is 28.8. The van der Waals surface area contributed by atoms with Crippen LogP contribution in [0.2, 0.25) is 0 Å². The quantitative estimate of drug-likeness (QED) is 0.264. The number of nitrogens with one attached hydrogen (secondary N) is 2. The molecule has 212 valence electrons. The van der Waals surface area contributed by atoms with E-state index < -0.39 is 12.1 Å². The van der Waals surface area contributed by atoms with Gasteiger partial charge in [-0.1, -0.05) is 39.0 Å². The van der Waals surface area contributed by atoms with E-state index in [1.807, 2.05) is 18.2 Å². The van der Waals surface area contributed by atoms with Gasteiger partial charge in [0.15, 0.2) is 6.10 Å². The molecular formula is C32H38N2O5S. The van der Waals surface area contributed by atoms with Crippen molar-refractivity contribution in [3.05, 3.63) is 75.2 Å². The standard InChI is InChI=1S/C32H38N2O5S/c1-6-21-10-9-11-22(7-2)28(21)33-29(35)20(5)39-24-15-13-23(14-16-24)30(36)34-31-27(32(37)38-8-3)25-17-12-19(4)18-26(25)40-31/h9-11,13-16,19-20H,6-8,12,17-18H2,1-5H3,(H,33,35)(H,34,36)/t19-,20+/m1/s1. The molecule has 2 atom stereocenters. The molecule has 0 spiro atoms. The summed E-state index contributed by atoms with van der Waals surface area (Å²) in [5.41, 5.74) is 4.93. The maximum Gasteiger partial charge on any atom is 0.341 e. The highest BCUT2D eigenvalue weighted by atomic mass is 32.1. The van der Waals surface area contributed by atoms with Crippen LogP contribution in [0, 0.1) is 5.92 Å². The number of esters is 1. The molecule has 0 fully saturated rings. The van der Waals surface area contributed by atoms with E-state index in [9.17, 15) is 14.4 Å². The topological polar surface area (TPSA) is 93.7 Å². The van der Waals surface area contributed by atoms with E-state index in [1.165, 1.54) is 11.3 Å². The summed E-state index contributed by atoms with van der Waals surface area (Å²) in [4.78, 5) is 40.0. The second-order valence-electron chi connectivity index (χ2n) is 10.2. The van der Waals surface area contributed by atoms with E-state index in [2.05, 4.69) is 31.4 Å². The number of para-hydroxylation sites is 1. The number of thiophene rings is 1. The van der Waals surface area contributed by atoms with Crippen molar-refractivity contribution in [2.75, 3.05) is 17.2 Å². The normalized spacial score (nSPS) is 15.1. The summed E-state index contributed by atoms with van der Waals surface area (Å²) in [6, 6.07) is 12.7. The molecule has 1 aromatic heterocycles. The van der Waals surface area contributed by atoms with Crippen molar-refractivity contribution < 1.29 is 23.9 Å². The number of carbonyl (C=O) groups is 3. The first-order chi connectivity index (χ1) is 19.2. The van der Waals surface area contributed by atoms with Gasteiger partial charge in [0.25, 0.3) is 11.8 Å². The van der Waals surface area contributed by atoms with Gasteiger partial charge in [0.05, 0.1) is 12.2 Å². The number of carbonyl (C=O) groups excluding carboxylic acids is 3. The Morgan fingerprint density at radius 3 is 2.30 bits per heavy atom. The highest BCUT2D eigenvalue weighted by molar-refractivity contribution is 7.17. The zero-order valence-electron chi connectivity index (χ0n) is 23.9. The maximum atomic E-state index is 13.1. The maximum absolute atomic E-state index is 13.1. The molecule has 40 heavy (non-hydrogen) atoms. The molecule has 8 heteroatoms. The van der Waals surface area contributed by atoms with E-state index in [1.54, 1.807) is 38.1 Å². The Labute approximate surface area is 240 Å². The molecule has 3 aromatic rings. The predicted octanol–water partition coefficient (Wildman–Crippen LogP) is 6.83. The van der Waals surface area contributed by atoms with E-state index in [0.29, 0.717) is 27.8 Å². The highest BCUT2D eigenvalue weighted by Crippen LogP contribution is 2.40. The monoisotopic (exact) mass is 562 g/mol. The van der Waals surface area contributed by atoms with Crippen molar-refractivity contribution in [3.63, 3.8) is 0 Å². The van der Waals surface area contributed by atoms with Gasteiger partial charge in [-0.25, -0.2) is 4.79 Å². The molecule has 1 aliphatic rings. The van der Waals surface area contributed by atoms with Crippen LogP contribution in [0.1, 0.15) is 83.3 Å². The van der Waals surface area contributed by atoms with Gasteiger partial charge >= 0.3 is 5.97 Å². The van der Waals surface area contributed by atoms with E-state index in [4.69, 9.17) is 9.47 Å². The summed E-state index contributed by atoms with van der Waals surface area (Å²) in [5.74, 6) is 0.0644. The van der Waals surface area contributed by atoms with Gasteiger partial charge in [-0.3, -0.25) is 9.59 Å². The Balaban J connectivity index is 1.43. The van der Waals surface area contributed by atoms with Gasteiger partial charge < -0.3 is 20.1 Å². The van der Waals surface area contributed by atoms with E-state index >= 15 is 0 Å². The van der Waals surface area contributed by atoms with Crippen LogP contribution in [-0.4, -0.2) is 30.5 Å². The van der Waals surface area contributed by atoms with Crippen LogP contribution < -0.4 is 15.4 Å². The Hall–Kier alpha value is -3.65. The Bertz CT molecular complexity index is 1360. The molecule has 4 rings (SSSR count). The number of hydrogen-bond donors (Lipinski definition) is 2. The van der Waals surface area contributed by atoms with Gasteiger partial charge in [0.2, 0.25) is 0 Å². The molecule has 2 aromatic carbocycles. The van der Waals surface area contributed by atoms with Crippen LogP contribution in [0.5, 0.6) is 5.75 Å². The van der Waals surface area contributed by atoms with Crippen LogP contribution >= 0.6 is 11.3 Å². The van der Waals surface area contributed by atoms with Crippen molar-refractivity contribution in [2.24, 2.45) is 5.92 Å². The first-order valence-corrected chi connectivity index (χ1v) is 14.9. The number of fused-ring (bicyclic) bond motifs is 1. The minimum atomic E-state index is -0.735. The van der Waals surface area contributed by atoms with Crippen LogP contribution in [-0.2, 0) is 35.2 Å². The van der Waals surface area contributed by atoms with Gasteiger partial charge in [-0.15, -0.1) is 11.3 Å². The predicted molar refractivity (Wildman–Crippen MR) is 160 cm³/mol. The first-order valence-electron chi connectivity index (χ1n) is 14.1. The lowest BCUT2D eigenvalue weighted by Gasteiger charge is -2.18. The molecule has 2 amide bonds. The molecule has 0 radical (unpaired) electrons. The van der Waals surface area contributed by atoms with Crippen molar-refractivity contribution in [1.29, 1.82) is 0 Å². The fraction of sp³-hybridized carbons (Fsp3) is 0.406. The van der Waals surface area contributed by atoms with Gasteiger partial charge in [0.1, 0.15) is 10.8 Å². The van der Waals surface area contributed by atoms with Crippen molar-refractivity contribution >= 4 is 39.8 Å². The third-order valence-electron chi connectivity index (χ3n) is 7.26. The van der Waals surface area contributed by atoms with Crippen molar-refractivity contribution in [2.45, 2.75) is 72.8 Å². The average molecular weight is 563 g/mol. The molecule has 1 heterocycles. The number of benzene rings is 2. The molecular weight excluding hydrogens is 524 g/mol. The number of anilines is 2. The highest BCUT2D eigenvalue weighted by Gasteiger charge is 2.29. The summed E-state index contributed by atoms with van der Waals surface area (Å²) >= 11 is 1.46. The van der Waals surface area contributed by atoms with Crippen molar-refractivity contribution in [3.8, 4) is 5.75 Å². The lowest BCUT2D eigenvalue weighted by molar-refractivity contribution is -0.122. The molecule has 0 saturated carbocycles. The van der Waals surface area contributed by atoms with Crippen LogP contribution in [0.15, 0.2) is 42.5 Å². The second kappa shape index (κ2) is 13.1. The first kappa shape index (κ1) is 29.3. The fourth-order valence-corrected chi connectivity index (χ4v) is 6.40. The summed E-state index contributed by atoms with van der Waals surface area (Å²) in [6.07, 6.45) is 3.60. The minimum Gasteiger partial charge on any atom is -0.481 e. The Morgan fingerprint density at radius 1 is 1.00 bits per heavy atom.